The number of hydrogen-bond donors (Lipinski definition) is 1. The van der Waals surface area contributed by atoms with Crippen molar-refractivity contribution in [2.75, 3.05) is 5.32 Å². The van der Waals surface area contributed by atoms with Gasteiger partial charge in [0, 0.05) is 6.42 Å². The summed E-state index contributed by atoms with van der Waals surface area (Å²) >= 11 is 1.51. The minimum atomic E-state index is -0.0750. The number of fused-ring (bicyclic) bond motifs is 1. The third-order valence-corrected chi connectivity index (χ3v) is 5.83. The number of carbonyl (C=O) groups excluding carboxylic acids is 1. The van der Waals surface area contributed by atoms with Gasteiger partial charge in [-0.1, -0.05) is 42.7 Å². The van der Waals surface area contributed by atoms with E-state index in [1.165, 1.54) is 17.8 Å². The summed E-state index contributed by atoms with van der Waals surface area (Å²) in [6, 6.07) is 7.91. The second kappa shape index (κ2) is 6.87. The summed E-state index contributed by atoms with van der Waals surface area (Å²) in [4.78, 5) is 17.2. The van der Waals surface area contributed by atoms with Gasteiger partial charge in [-0.3, -0.25) is 4.79 Å². The molecule has 0 spiro atoms. The number of rotatable bonds is 5. The average molecular weight is 356 g/mol. The molecule has 1 saturated carbocycles. The molecule has 1 aromatic carbocycles. The first kappa shape index (κ1) is 16.1. The number of para-hydroxylation sites is 1. The predicted octanol–water partition coefficient (Wildman–Crippen LogP) is 3.26. The molecule has 0 radical (unpaired) electrons. The Hall–Kier alpha value is -2.35. The van der Waals surface area contributed by atoms with Crippen LogP contribution >= 0.6 is 11.3 Å². The van der Waals surface area contributed by atoms with Gasteiger partial charge in [-0.15, -0.1) is 5.10 Å². The van der Waals surface area contributed by atoms with Gasteiger partial charge in [0.2, 0.25) is 5.91 Å². The number of anilines is 1. The Morgan fingerprint density at radius 1 is 1.24 bits per heavy atom. The summed E-state index contributed by atoms with van der Waals surface area (Å²) in [6.45, 7) is 0.688. The fraction of sp³-hybridized carbons (Fsp3) is 0.471. The Kier molecular flexibility index (Phi) is 4.44. The van der Waals surface area contributed by atoms with Gasteiger partial charge in [-0.05, 0) is 40.8 Å². The van der Waals surface area contributed by atoms with E-state index in [0.29, 0.717) is 18.1 Å². The maximum Gasteiger partial charge on any atom is 0.226 e. The Balaban J connectivity index is 1.48. The summed E-state index contributed by atoms with van der Waals surface area (Å²) in [6.07, 6.45) is 7.69. The van der Waals surface area contributed by atoms with Crippen molar-refractivity contribution in [1.29, 1.82) is 0 Å². The van der Waals surface area contributed by atoms with Crippen molar-refractivity contribution in [3.05, 3.63) is 30.6 Å². The van der Waals surface area contributed by atoms with Gasteiger partial charge in [0.25, 0.3) is 0 Å². The number of thiazole rings is 1. The van der Waals surface area contributed by atoms with Crippen LogP contribution in [0.3, 0.4) is 0 Å². The second-order valence-electron chi connectivity index (χ2n) is 6.78. The summed E-state index contributed by atoms with van der Waals surface area (Å²) in [5.41, 5.74) is 0.845. The Labute approximate surface area is 149 Å². The van der Waals surface area contributed by atoms with Crippen molar-refractivity contribution in [1.82, 2.24) is 25.2 Å². The molecule has 25 heavy (non-hydrogen) atoms. The molecule has 7 nitrogen and oxygen atoms in total. The highest BCUT2D eigenvalue weighted by atomic mass is 32.1. The zero-order chi connectivity index (χ0) is 17.1. The molecule has 2 heterocycles. The first-order valence-corrected chi connectivity index (χ1v) is 9.40. The summed E-state index contributed by atoms with van der Waals surface area (Å²) in [7, 11) is 0. The van der Waals surface area contributed by atoms with Crippen molar-refractivity contribution >= 4 is 32.6 Å². The van der Waals surface area contributed by atoms with E-state index in [1.807, 2.05) is 24.3 Å². The smallest absolute Gasteiger partial charge is 0.226 e. The van der Waals surface area contributed by atoms with E-state index in [0.717, 1.165) is 35.9 Å². The summed E-state index contributed by atoms with van der Waals surface area (Å²) < 4.78 is 2.83. The first-order valence-electron chi connectivity index (χ1n) is 8.59. The van der Waals surface area contributed by atoms with Crippen molar-refractivity contribution in [3.8, 4) is 0 Å². The van der Waals surface area contributed by atoms with Gasteiger partial charge >= 0.3 is 0 Å². The Bertz CT molecular complexity index is 820. The van der Waals surface area contributed by atoms with Crippen LogP contribution in [0.15, 0.2) is 30.6 Å². The third-order valence-electron chi connectivity index (χ3n) is 4.88. The lowest BCUT2D eigenvalue weighted by Crippen LogP contribution is -2.34. The van der Waals surface area contributed by atoms with Crippen molar-refractivity contribution in [3.63, 3.8) is 0 Å². The van der Waals surface area contributed by atoms with E-state index in [-0.39, 0.29) is 11.3 Å². The van der Waals surface area contributed by atoms with E-state index in [9.17, 15) is 4.79 Å². The molecule has 0 atom stereocenters. The van der Waals surface area contributed by atoms with Gasteiger partial charge in [0.1, 0.15) is 6.33 Å². The molecule has 2 aromatic heterocycles. The molecular formula is C17H20N6OS. The molecule has 8 heteroatoms. The van der Waals surface area contributed by atoms with E-state index in [2.05, 4.69) is 25.8 Å². The second-order valence-corrected chi connectivity index (χ2v) is 7.81. The van der Waals surface area contributed by atoms with Crippen LogP contribution in [0.5, 0.6) is 0 Å². The average Bonchev–Trinajstić information content (AvgIpc) is 3.24. The molecule has 1 aliphatic rings. The minimum absolute atomic E-state index is 0.0223. The fourth-order valence-corrected chi connectivity index (χ4v) is 4.60. The Morgan fingerprint density at radius 2 is 2.08 bits per heavy atom. The van der Waals surface area contributed by atoms with Crippen LogP contribution in [0.25, 0.3) is 10.2 Å². The first-order chi connectivity index (χ1) is 12.2. The van der Waals surface area contributed by atoms with E-state index < -0.39 is 0 Å². The van der Waals surface area contributed by atoms with Crippen LogP contribution in [0, 0.1) is 5.41 Å². The van der Waals surface area contributed by atoms with Gasteiger partial charge < -0.3 is 5.32 Å². The molecule has 0 bridgehead atoms. The van der Waals surface area contributed by atoms with E-state index in [4.69, 9.17) is 0 Å². The van der Waals surface area contributed by atoms with Crippen LogP contribution in [0.2, 0.25) is 0 Å². The number of tetrazole rings is 1. The standard InChI is InChI=1S/C17H20N6OS/c24-15(20-16-19-13-6-2-3-7-14(13)25-16)10-17(8-4-1-5-9-17)11-23-12-18-21-22-23/h2-3,6-7,12H,1,4-5,8-11H2,(H,19,20,24). The highest BCUT2D eigenvalue weighted by Gasteiger charge is 2.35. The monoisotopic (exact) mass is 356 g/mol. The van der Waals surface area contributed by atoms with Crippen LogP contribution in [-0.2, 0) is 11.3 Å². The maximum atomic E-state index is 12.7. The third kappa shape index (κ3) is 3.68. The summed E-state index contributed by atoms with van der Waals surface area (Å²) in [5.74, 6) is 0.0223. The van der Waals surface area contributed by atoms with Gasteiger partial charge in [-0.25, -0.2) is 9.67 Å². The number of aromatic nitrogens is 5. The number of benzene rings is 1. The van der Waals surface area contributed by atoms with E-state index in [1.54, 1.807) is 11.0 Å². The highest BCUT2D eigenvalue weighted by molar-refractivity contribution is 7.22. The van der Waals surface area contributed by atoms with Gasteiger partial charge in [0.15, 0.2) is 5.13 Å². The highest BCUT2D eigenvalue weighted by Crippen LogP contribution is 2.41. The maximum absolute atomic E-state index is 12.7. The quantitative estimate of drug-likeness (QED) is 0.758. The SMILES string of the molecule is O=C(CC1(Cn2cnnn2)CCCCC1)Nc1nc2ccccc2s1. The van der Waals surface area contributed by atoms with E-state index >= 15 is 0 Å². The number of nitrogens with zero attached hydrogens (tertiary/aromatic N) is 5. The lowest BCUT2D eigenvalue weighted by atomic mass is 9.71. The lowest BCUT2D eigenvalue weighted by molar-refractivity contribution is -0.119. The molecule has 4 rings (SSSR count). The molecule has 0 unspecified atom stereocenters. The van der Waals surface area contributed by atoms with Crippen LogP contribution in [0.1, 0.15) is 38.5 Å². The molecule has 1 amide bonds. The molecule has 1 N–H and O–H groups in total. The largest absolute Gasteiger partial charge is 0.302 e. The predicted molar refractivity (Wildman–Crippen MR) is 96.2 cm³/mol. The molecule has 1 fully saturated rings. The van der Waals surface area contributed by atoms with Gasteiger partial charge in [-0.2, -0.15) is 0 Å². The van der Waals surface area contributed by atoms with Crippen molar-refractivity contribution in [2.24, 2.45) is 5.41 Å². The van der Waals surface area contributed by atoms with Gasteiger partial charge in [0.05, 0.1) is 16.8 Å². The molecular weight excluding hydrogens is 336 g/mol. The zero-order valence-corrected chi connectivity index (χ0v) is 14.7. The number of nitrogens with one attached hydrogen (secondary N) is 1. The summed E-state index contributed by atoms with van der Waals surface area (Å²) in [5, 5.41) is 15.1. The zero-order valence-electron chi connectivity index (χ0n) is 13.9. The van der Waals surface area contributed by atoms with Crippen LogP contribution in [-0.4, -0.2) is 31.1 Å². The van der Waals surface area contributed by atoms with Crippen LogP contribution < -0.4 is 5.32 Å². The number of carbonyl (C=O) groups is 1. The molecule has 1 aliphatic carbocycles. The topological polar surface area (TPSA) is 85.6 Å². The molecule has 3 aromatic rings. The van der Waals surface area contributed by atoms with Crippen molar-refractivity contribution in [2.45, 2.75) is 45.1 Å². The molecule has 0 saturated heterocycles. The lowest BCUT2D eigenvalue weighted by Gasteiger charge is -2.36. The Morgan fingerprint density at radius 3 is 2.84 bits per heavy atom. The molecule has 130 valence electrons. The minimum Gasteiger partial charge on any atom is -0.302 e. The molecule has 0 aliphatic heterocycles. The van der Waals surface area contributed by atoms with Crippen LogP contribution in [0.4, 0.5) is 5.13 Å². The number of hydrogen-bond acceptors (Lipinski definition) is 6. The fourth-order valence-electron chi connectivity index (χ4n) is 3.72. The van der Waals surface area contributed by atoms with Crippen molar-refractivity contribution < 1.29 is 4.79 Å². The number of amides is 1. The normalized spacial score (nSPS) is 16.8.